The largest absolute Gasteiger partial charge is 0.416 e. The predicted molar refractivity (Wildman–Crippen MR) is 63.8 cm³/mol. The zero-order valence-electron chi connectivity index (χ0n) is 9.07. The normalized spacial score (nSPS) is 11.9. The summed E-state index contributed by atoms with van der Waals surface area (Å²) in [5.41, 5.74) is 0.734. The van der Waals surface area contributed by atoms with Crippen molar-refractivity contribution >= 4 is 23.2 Å². The van der Waals surface area contributed by atoms with Gasteiger partial charge in [-0.15, -0.1) is 0 Å². The highest BCUT2D eigenvalue weighted by atomic mass is 35.5. The zero-order chi connectivity index (χ0) is 13.5. The quantitative estimate of drug-likeness (QED) is 0.811. The van der Waals surface area contributed by atoms with E-state index in [2.05, 4.69) is 10.2 Å². The topological polar surface area (TPSA) is 28.7 Å². The van der Waals surface area contributed by atoms with Gasteiger partial charge in [0, 0.05) is 16.8 Å². The first-order valence-electron chi connectivity index (χ1n) is 4.87. The second kappa shape index (κ2) is 4.48. The molecule has 1 aromatic heterocycles. The van der Waals surface area contributed by atoms with Crippen molar-refractivity contribution in [2.45, 2.75) is 13.1 Å². The highest BCUT2D eigenvalue weighted by molar-refractivity contribution is 6.39. The van der Waals surface area contributed by atoms with Crippen molar-refractivity contribution in [3.05, 3.63) is 39.6 Å². The Morgan fingerprint density at radius 2 is 1.72 bits per heavy atom. The Morgan fingerprint density at radius 3 is 2.11 bits per heavy atom. The predicted octanol–water partition coefficient (Wildman–Crippen LogP) is 4.71. The first kappa shape index (κ1) is 13.2. The molecule has 96 valence electrons. The monoisotopic (exact) mass is 294 g/mol. The van der Waals surface area contributed by atoms with E-state index in [4.69, 9.17) is 23.2 Å². The summed E-state index contributed by atoms with van der Waals surface area (Å²) in [4.78, 5) is 0. The van der Waals surface area contributed by atoms with Gasteiger partial charge in [0.1, 0.15) is 0 Å². The van der Waals surface area contributed by atoms with E-state index in [1.807, 2.05) is 0 Å². The van der Waals surface area contributed by atoms with E-state index in [-0.39, 0.29) is 10.0 Å². The summed E-state index contributed by atoms with van der Waals surface area (Å²) in [6.45, 7) is 1.73. The molecule has 2 rings (SSSR count). The molecule has 0 aliphatic heterocycles. The minimum Gasteiger partial charge on any atom is -0.282 e. The Balaban J connectivity index is 2.62. The maximum Gasteiger partial charge on any atom is 0.416 e. The number of rotatable bonds is 1. The lowest BCUT2D eigenvalue weighted by Gasteiger charge is -2.11. The minimum absolute atomic E-state index is 0.0562. The molecule has 0 radical (unpaired) electrons. The molecule has 0 fully saturated rings. The van der Waals surface area contributed by atoms with E-state index in [0.717, 1.165) is 12.1 Å². The van der Waals surface area contributed by atoms with Gasteiger partial charge in [-0.1, -0.05) is 23.2 Å². The molecule has 2 aromatic rings. The van der Waals surface area contributed by atoms with Gasteiger partial charge < -0.3 is 0 Å². The van der Waals surface area contributed by atoms with Crippen molar-refractivity contribution in [3.8, 4) is 11.1 Å². The van der Waals surface area contributed by atoms with Crippen LogP contribution in [0.3, 0.4) is 0 Å². The van der Waals surface area contributed by atoms with Crippen LogP contribution in [0.25, 0.3) is 11.1 Å². The molecule has 0 unspecified atom stereocenters. The Kier molecular flexibility index (Phi) is 3.29. The highest BCUT2D eigenvalue weighted by Gasteiger charge is 2.32. The molecule has 0 amide bonds. The lowest BCUT2D eigenvalue weighted by atomic mass is 10.0. The molecule has 0 spiro atoms. The van der Waals surface area contributed by atoms with Crippen molar-refractivity contribution < 1.29 is 13.2 Å². The Morgan fingerprint density at radius 1 is 1.17 bits per heavy atom. The Hall–Kier alpha value is -1.20. The molecule has 1 heterocycles. The third-order valence-corrected chi connectivity index (χ3v) is 3.06. The number of halogens is 5. The fourth-order valence-electron chi connectivity index (χ4n) is 1.60. The molecule has 1 N–H and O–H groups in total. The van der Waals surface area contributed by atoms with Crippen LogP contribution in [0, 0.1) is 6.92 Å². The molecule has 0 aliphatic rings. The van der Waals surface area contributed by atoms with E-state index < -0.39 is 11.7 Å². The number of aromatic nitrogens is 2. The van der Waals surface area contributed by atoms with E-state index in [1.54, 1.807) is 6.92 Å². The Labute approximate surface area is 111 Å². The molecule has 0 bridgehead atoms. The van der Waals surface area contributed by atoms with Gasteiger partial charge >= 0.3 is 6.18 Å². The summed E-state index contributed by atoms with van der Waals surface area (Å²) in [7, 11) is 0. The summed E-state index contributed by atoms with van der Waals surface area (Å²) in [5.74, 6) is 0. The van der Waals surface area contributed by atoms with Crippen molar-refractivity contribution in [2.24, 2.45) is 0 Å². The summed E-state index contributed by atoms with van der Waals surface area (Å²) in [5, 5.41) is 6.35. The second-order valence-corrected chi connectivity index (χ2v) is 4.54. The lowest BCUT2D eigenvalue weighted by molar-refractivity contribution is -0.137. The molecule has 7 heteroatoms. The van der Waals surface area contributed by atoms with Crippen LogP contribution < -0.4 is 0 Å². The fourth-order valence-corrected chi connectivity index (χ4v) is 2.29. The molecule has 0 saturated heterocycles. The van der Waals surface area contributed by atoms with Crippen LogP contribution in [0.5, 0.6) is 0 Å². The van der Waals surface area contributed by atoms with Gasteiger partial charge in [-0.05, 0) is 19.1 Å². The average Bonchev–Trinajstić information content (AvgIpc) is 2.62. The van der Waals surface area contributed by atoms with E-state index in [0.29, 0.717) is 16.8 Å². The maximum atomic E-state index is 12.6. The number of nitrogens with zero attached hydrogens (tertiary/aromatic N) is 1. The SMILES string of the molecule is Cc1[nH]ncc1-c1c(Cl)cc(C(F)(F)F)cc1Cl. The third kappa shape index (κ3) is 2.33. The molecular weight excluding hydrogens is 288 g/mol. The van der Waals surface area contributed by atoms with Gasteiger partial charge in [0.2, 0.25) is 0 Å². The standard InChI is InChI=1S/C11H7Cl2F3N2/c1-5-7(4-17-18-5)10-8(12)2-6(3-9(10)13)11(14,15)16/h2-4H,1H3,(H,17,18). The van der Waals surface area contributed by atoms with Crippen LogP contribution in [0.1, 0.15) is 11.3 Å². The molecule has 1 aromatic carbocycles. The first-order valence-corrected chi connectivity index (χ1v) is 5.63. The first-order chi connectivity index (χ1) is 8.30. The second-order valence-electron chi connectivity index (χ2n) is 3.72. The summed E-state index contributed by atoms with van der Waals surface area (Å²) < 4.78 is 37.7. The smallest absolute Gasteiger partial charge is 0.282 e. The number of benzene rings is 1. The van der Waals surface area contributed by atoms with Crippen LogP contribution in [-0.4, -0.2) is 10.2 Å². The molecule has 18 heavy (non-hydrogen) atoms. The molecule has 0 atom stereocenters. The van der Waals surface area contributed by atoms with Gasteiger partial charge in [-0.2, -0.15) is 18.3 Å². The Bertz CT molecular complexity index is 567. The maximum absolute atomic E-state index is 12.6. The molecule has 0 saturated carbocycles. The number of nitrogens with one attached hydrogen (secondary N) is 1. The van der Waals surface area contributed by atoms with Crippen LogP contribution in [0.15, 0.2) is 18.3 Å². The molecular formula is C11H7Cl2F3N2. The van der Waals surface area contributed by atoms with Crippen molar-refractivity contribution in [3.63, 3.8) is 0 Å². The van der Waals surface area contributed by atoms with Crippen molar-refractivity contribution in [2.75, 3.05) is 0 Å². The van der Waals surface area contributed by atoms with Gasteiger partial charge in [0.25, 0.3) is 0 Å². The summed E-state index contributed by atoms with van der Waals surface area (Å²) in [6.07, 6.45) is -3.01. The van der Waals surface area contributed by atoms with Crippen molar-refractivity contribution in [1.82, 2.24) is 10.2 Å². The number of hydrogen-bond acceptors (Lipinski definition) is 1. The summed E-state index contributed by atoms with van der Waals surface area (Å²) >= 11 is 11.8. The number of hydrogen-bond donors (Lipinski definition) is 1. The van der Waals surface area contributed by atoms with Crippen LogP contribution >= 0.6 is 23.2 Å². The van der Waals surface area contributed by atoms with Crippen LogP contribution in [-0.2, 0) is 6.18 Å². The van der Waals surface area contributed by atoms with Gasteiger partial charge in [-0.25, -0.2) is 0 Å². The van der Waals surface area contributed by atoms with Gasteiger partial charge in [0.05, 0.1) is 21.8 Å². The zero-order valence-corrected chi connectivity index (χ0v) is 10.6. The van der Waals surface area contributed by atoms with E-state index in [1.165, 1.54) is 6.20 Å². The number of H-pyrrole nitrogens is 1. The van der Waals surface area contributed by atoms with Gasteiger partial charge in [0.15, 0.2) is 0 Å². The average molecular weight is 295 g/mol. The van der Waals surface area contributed by atoms with Crippen LogP contribution in [0.4, 0.5) is 13.2 Å². The summed E-state index contributed by atoms with van der Waals surface area (Å²) in [6, 6.07) is 1.71. The third-order valence-electron chi connectivity index (χ3n) is 2.47. The number of aryl methyl sites for hydroxylation is 1. The lowest BCUT2D eigenvalue weighted by Crippen LogP contribution is -2.05. The van der Waals surface area contributed by atoms with E-state index >= 15 is 0 Å². The van der Waals surface area contributed by atoms with Crippen LogP contribution in [0.2, 0.25) is 10.0 Å². The van der Waals surface area contributed by atoms with E-state index in [9.17, 15) is 13.2 Å². The number of aromatic amines is 1. The number of alkyl halides is 3. The molecule has 2 nitrogen and oxygen atoms in total. The highest BCUT2D eigenvalue weighted by Crippen LogP contribution is 2.40. The molecule has 0 aliphatic carbocycles. The van der Waals surface area contributed by atoms with Crippen molar-refractivity contribution in [1.29, 1.82) is 0 Å². The fraction of sp³-hybridized carbons (Fsp3) is 0.182. The van der Waals surface area contributed by atoms with Gasteiger partial charge in [-0.3, -0.25) is 5.10 Å². The minimum atomic E-state index is -4.47.